The number of Topliss-reactive ketones (excluding diaryl/α,β-unsaturated/α-hetero) is 3. The minimum absolute atomic E-state index is 0.00441. The lowest BCUT2D eigenvalue weighted by atomic mass is 9.37. The first-order valence-electron chi connectivity index (χ1n) is 16.1. The van der Waals surface area contributed by atoms with Crippen molar-refractivity contribution in [2.45, 2.75) is 140 Å². The zero-order valence-electron chi connectivity index (χ0n) is 27.2. The quantitative estimate of drug-likeness (QED) is 0.208. The standard InChI is InChI=1S/C35H60O4/c1-22(2)13-12-19-33(11)27(16-14-23(3)4)21-34(20-18-25(7)8)30(37)28(17-15-24(5)6)31(38)35(33,32(34)39)29(36)26(9)10/h22-27,37H,12-21H2,1-11H3. The van der Waals surface area contributed by atoms with E-state index in [4.69, 9.17) is 0 Å². The molecule has 0 saturated heterocycles. The molecule has 4 heteroatoms. The zero-order valence-corrected chi connectivity index (χ0v) is 27.2. The van der Waals surface area contributed by atoms with Crippen molar-refractivity contribution in [2.24, 2.45) is 51.8 Å². The summed E-state index contributed by atoms with van der Waals surface area (Å²) in [6.07, 6.45) is 7.39. The number of aliphatic hydroxyl groups is 1. The number of allylic oxidation sites excluding steroid dienone is 2. The molecule has 2 aliphatic carbocycles. The maximum Gasteiger partial charge on any atom is 0.183 e. The summed E-state index contributed by atoms with van der Waals surface area (Å²) >= 11 is 0. The molecule has 0 radical (unpaired) electrons. The first-order valence-corrected chi connectivity index (χ1v) is 16.1. The molecular weight excluding hydrogens is 484 g/mol. The molecule has 1 saturated carbocycles. The Morgan fingerprint density at radius 3 is 1.85 bits per heavy atom. The number of hydrogen-bond donors (Lipinski definition) is 1. The van der Waals surface area contributed by atoms with Crippen LogP contribution >= 0.6 is 0 Å². The van der Waals surface area contributed by atoms with Gasteiger partial charge in [-0.2, -0.15) is 0 Å². The molecule has 0 amide bonds. The van der Waals surface area contributed by atoms with Gasteiger partial charge in [-0.25, -0.2) is 0 Å². The minimum Gasteiger partial charge on any atom is -0.511 e. The minimum atomic E-state index is -1.71. The van der Waals surface area contributed by atoms with E-state index in [2.05, 4.69) is 62.3 Å². The van der Waals surface area contributed by atoms with Crippen LogP contribution in [0.15, 0.2) is 11.3 Å². The molecule has 4 unspecified atom stereocenters. The summed E-state index contributed by atoms with van der Waals surface area (Å²) in [6.45, 7) is 23.1. The highest BCUT2D eigenvalue weighted by Crippen LogP contribution is 2.68. The van der Waals surface area contributed by atoms with Gasteiger partial charge in [0.25, 0.3) is 0 Å². The smallest absolute Gasteiger partial charge is 0.183 e. The van der Waals surface area contributed by atoms with E-state index in [1.54, 1.807) is 0 Å². The largest absolute Gasteiger partial charge is 0.511 e. The molecule has 2 aliphatic rings. The molecular formula is C35H60O4. The van der Waals surface area contributed by atoms with Crippen molar-refractivity contribution in [1.82, 2.24) is 0 Å². The van der Waals surface area contributed by atoms with Gasteiger partial charge in [-0.1, -0.05) is 95.4 Å². The molecule has 4 nitrogen and oxygen atoms in total. The van der Waals surface area contributed by atoms with Gasteiger partial charge in [-0.15, -0.1) is 0 Å². The van der Waals surface area contributed by atoms with E-state index in [1.165, 1.54) is 0 Å². The summed E-state index contributed by atoms with van der Waals surface area (Å²) < 4.78 is 0. The first-order chi connectivity index (χ1) is 18.0. The van der Waals surface area contributed by atoms with Crippen LogP contribution in [0.25, 0.3) is 0 Å². The van der Waals surface area contributed by atoms with Gasteiger partial charge in [0, 0.05) is 11.5 Å². The molecule has 4 atom stereocenters. The van der Waals surface area contributed by atoms with Gasteiger partial charge < -0.3 is 5.11 Å². The van der Waals surface area contributed by atoms with Gasteiger partial charge >= 0.3 is 0 Å². The predicted molar refractivity (Wildman–Crippen MR) is 161 cm³/mol. The molecule has 0 aromatic carbocycles. The Balaban J connectivity index is 2.95. The number of aliphatic hydroxyl groups excluding tert-OH is 1. The Morgan fingerprint density at radius 1 is 0.821 bits per heavy atom. The van der Waals surface area contributed by atoms with Gasteiger partial charge in [0.2, 0.25) is 0 Å². The Hall–Kier alpha value is -1.45. The molecule has 0 aromatic rings. The summed E-state index contributed by atoms with van der Waals surface area (Å²) in [4.78, 5) is 44.5. The van der Waals surface area contributed by atoms with Crippen LogP contribution in [0.3, 0.4) is 0 Å². The zero-order chi connectivity index (χ0) is 29.9. The average Bonchev–Trinajstić information content (AvgIpc) is 2.81. The Kier molecular flexibility index (Phi) is 11.3. The van der Waals surface area contributed by atoms with E-state index in [9.17, 15) is 14.7 Å². The van der Waals surface area contributed by atoms with Crippen LogP contribution in [-0.2, 0) is 14.4 Å². The molecule has 224 valence electrons. The SMILES string of the molecule is CC(C)CCCC1(C)C(CCC(C)C)CC2(CCC(C)C)C(=O)C1(C(=O)C(C)C)C(=O)C(CCC(C)C)=C2O. The molecule has 0 spiro atoms. The van der Waals surface area contributed by atoms with Gasteiger partial charge in [-0.3, -0.25) is 14.4 Å². The normalized spacial score (nSPS) is 29.6. The lowest BCUT2D eigenvalue weighted by Crippen LogP contribution is -2.71. The predicted octanol–water partition coefficient (Wildman–Crippen LogP) is 9.31. The monoisotopic (exact) mass is 544 g/mol. The number of hydrogen-bond acceptors (Lipinski definition) is 4. The molecule has 39 heavy (non-hydrogen) atoms. The molecule has 0 heterocycles. The summed E-state index contributed by atoms with van der Waals surface area (Å²) in [5.41, 5.74) is -3.25. The molecule has 1 N–H and O–H groups in total. The summed E-state index contributed by atoms with van der Waals surface area (Å²) in [5.74, 6) is 0.382. The van der Waals surface area contributed by atoms with Crippen molar-refractivity contribution in [1.29, 1.82) is 0 Å². The van der Waals surface area contributed by atoms with E-state index in [1.807, 2.05) is 13.8 Å². The fraction of sp³-hybridized carbons (Fsp3) is 0.857. The van der Waals surface area contributed by atoms with Gasteiger partial charge in [0.1, 0.15) is 5.76 Å². The van der Waals surface area contributed by atoms with Crippen LogP contribution in [0.5, 0.6) is 0 Å². The van der Waals surface area contributed by atoms with E-state index in [0.29, 0.717) is 54.9 Å². The van der Waals surface area contributed by atoms with Gasteiger partial charge in [0.05, 0.1) is 5.41 Å². The summed E-state index contributed by atoms with van der Waals surface area (Å²) in [7, 11) is 0. The van der Waals surface area contributed by atoms with Crippen LogP contribution in [0.1, 0.15) is 140 Å². The van der Waals surface area contributed by atoms with Crippen molar-refractivity contribution < 1.29 is 19.5 Å². The van der Waals surface area contributed by atoms with Crippen LogP contribution in [-0.4, -0.2) is 22.5 Å². The second-order valence-electron chi connectivity index (χ2n) is 15.3. The second-order valence-corrected chi connectivity index (χ2v) is 15.3. The number of fused-ring (bicyclic) bond motifs is 2. The van der Waals surface area contributed by atoms with Gasteiger partial charge in [0.15, 0.2) is 22.8 Å². The summed E-state index contributed by atoms with van der Waals surface area (Å²) in [5, 5.41) is 12.0. The third-order valence-corrected chi connectivity index (χ3v) is 10.1. The van der Waals surface area contributed by atoms with Crippen molar-refractivity contribution in [3.63, 3.8) is 0 Å². The average molecular weight is 545 g/mol. The molecule has 1 fully saturated rings. The van der Waals surface area contributed by atoms with Crippen molar-refractivity contribution >= 4 is 17.3 Å². The third-order valence-electron chi connectivity index (χ3n) is 10.1. The Labute approximate surface area is 240 Å². The van der Waals surface area contributed by atoms with E-state index < -0.39 is 22.2 Å². The number of rotatable bonds is 15. The Bertz CT molecular complexity index is 923. The number of carbonyl (C=O) groups is 3. The van der Waals surface area contributed by atoms with E-state index >= 15 is 4.79 Å². The lowest BCUT2D eigenvalue weighted by Gasteiger charge is -2.61. The second kappa shape index (κ2) is 13.0. The third kappa shape index (κ3) is 6.25. The topological polar surface area (TPSA) is 71.4 Å². The summed E-state index contributed by atoms with van der Waals surface area (Å²) in [6, 6.07) is 0. The molecule has 0 aliphatic heterocycles. The number of ketones is 3. The highest BCUT2D eigenvalue weighted by atomic mass is 16.3. The number of carbonyl (C=O) groups excluding carboxylic acids is 3. The Morgan fingerprint density at radius 2 is 1.36 bits per heavy atom. The lowest BCUT2D eigenvalue weighted by molar-refractivity contribution is -0.182. The van der Waals surface area contributed by atoms with E-state index in [0.717, 1.165) is 38.5 Å². The molecule has 0 aromatic heterocycles. The first kappa shape index (κ1) is 33.8. The van der Waals surface area contributed by atoms with Crippen LogP contribution in [0.2, 0.25) is 0 Å². The van der Waals surface area contributed by atoms with Crippen molar-refractivity contribution in [2.75, 3.05) is 0 Å². The fourth-order valence-electron chi connectivity index (χ4n) is 7.55. The molecule has 2 bridgehead atoms. The molecule has 2 rings (SSSR count). The van der Waals surface area contributed by atoms with E-state index in [-0.39, 0.29) is 29.0 Å². The maximum absolute atomic E-state index is 15.1. The van der Waals surface area contributed by atoms with Crippen molar-refractivity contribution in [3.05, 3.63) is 11.3 Å². The maximum atomic E-state index is 15.1. The van der Waals surface area contributed by atoms with Crippen LogP contribution < -0.4 is 0 Å². The van der Waals surface area contributed by atoms with Crippen LogP contribution in [0, 0.1) is 51.8 Å². The van der Waals surface area contributed by atoms with Crippen molar-refractivity contribution in [3.8, 4) is 0 Å². The van der Waals surface area contributed by atoms with Crippen LogP contribution in [0.4, 0.5) is 0 Å². The van der Waals surface area contributed by atoms with Gasteiger partial charge in [-0.05, 0) is 80.0 Å². The fourth-order valence-corrected chi connectivity index (χ4v) is 7.55. The highest BCUT2D eigenvalue weighted by Gasteiger charge is 2.75. The highest BCUT2D eigenvalue weighted by molar-refractivity contribution is 6.33.